The van der Waals surface area contributed by atoms with Crippen molar-refractivity contribution in [3.8, 4) is 33.6 Å². The lowest BCUT2D eigenvalue weighted by molar-refractivity contribution is 0.102. The van der Waals surface area contributed by atoms with E-state index < -0.39 is 0 Å². The van der Waals surface area contributed by atoms with E-state index in [0.717, 1.165) is 56.5 Å². The summed E-state index contributed by atoms with van der Waals surface area (Å²) in [7, 11) is 4.01. The molecule has 0 unspecified atom stereocenters. The summed E-state index contributed by atoms with van der Waals surface area (Å²) in [6, 6.07) is 26.0. The monoisotopic (exact) mass is 610 g/mol. The molecule has 0 spiro atoms. The van der Waals surface area contributed by atoms with Crippen LogP contribution in [-0.2, 0) is 0 Å². The van der Waals surface area contributed by atoms with Gasteiger partial charge in [-0.3, -0.25) is 14.9 Å². The average Bonchev–Trinajstić information content (AvgIpc) is 3.69. The number of hydrogen-bond donors (Lipinski definition) is 4. The number of nitrogens with zero attached hydrogens (tertiary/aromatic N) is 4. The molecule has 46 heavy (non-hydrogen) atoms. The molecule has 0 aliphatic rings. The van der Waals surface area contributed by atoms with Crippen molar-refractivity contribution in [2.75, 3.05) is 37.8 Å². The van der Waals surface area contributed by atoms with Crippen LogP contribution in [0.4, 0.5) is 15.8 Å². The fourth-order valence-corrected chi connectivity index (χ4v) is 5.53. The fraction of sp³-hybridized carbons (Fsp3) is 0.111. The second kappa shape index (κ2) is 12.3. The summed E-state index contributed by atoms with van der Waals surface area (Å²) in [5.41, 5.74) is 8.25. The van der Waals surface area contributed by atoms with Crippen LogP contribution in [0, 0.1) is 5.82 Å². The molecule has 7 rings (SSSR count). The number of fused-ring (bicyclic) bond motifs is 2. The zero-order chi connectivity index (χ0) is 31.6. The first kappa shape index (κ1) is 28.9. The summed E-state index contributed by atoms with van der Waals surface area (Å²) in [4.78, 5) is 27.2. The Hall–Kier alpha value is -5.87. The Morgan fingerprint density at radius 1 is 0.848 bits per heavy atom. The normalized spacial score (nSPS) is 11.4. The summed E-state index contributed by atoms with van der Waals surface area (Å²) >= 11 is 0. The van der Waals surface area contributed by atoms with Crippen LogP contribution in [0.3, 0.4) is 0 Å². The van der Waals surface area contributed by atoms with Crippen LogP contribution in [0.25, 0.3) is 55.6 Å². The molecule has 10 heteroatoms. The number of carbonyl (C=O) groups is 1. The second-order valence-electron chi connectivity index (χ2n) is 11.4. The molecule has 0 saturated heterocycles. The molecular weight excluding hydrogens is 579 g/mol. The second-order valence-corrected chi connectivity index (χ2v) is 11.4. The predicted octanol–water partition coefficient (Wildman–Crippen LogP) is 7.20. The first-order valence-corrected chi connectivity index (χ1v) is 14.9. The van der Waals surface area contributed by atoms with Gasteiger partial charge in [-0.05, 0) is 79.8 Å². The Balaban J connectivity index is 1.21. The molecular formula is C36H31FN8O. The van der Waals surface area contributed by atoms with Crippen molar-refractivity contribution in [3.63, 3.8) is 0 Å². The highest BCUT2D eigenvalue weighted by atomic mass is 19.1. The van der Waals surface area contributed by atoms with E-state index in [-0.39, 0.29) is 11.7 Å². The summed E-state index contributed by atoms with van der Waals surface area (Å²) in [5, 5.41) is 15.7. The van der Waals surface area contributed by atoms with Crippen molar-refractivity contribution in [2.24, 2.45) is 0 Å². The molecule has 9 nitrogen and oxygen atoms in total. The lowest BCUT2D eigenvalue weighted by Crippen LogP contribution is -2.20. The molecule has 7 aromatic rings. The zero-order valence-corrected chi connectivity index (χ0v) is 25.3. The van der Waals surface area contributed by atoms with Crippen molar-refractivity contribution >= 4 is 39.2 Å². The third kappa shape index (κ3) is 5.93. The minimum Gasteiger partial charge on any atom is -0.384 e. The lowest BCUT2D eigenvalue weighted by Gasteiger charge is -2.13. The number of nitrogens with one attached hydrogen (secondary N) is 4. The molecule has 0 radical (unpaired) electrons. The lowest BCUT2D eigenvalue weighted by atomic mass is 10.0. The Morgan fingerprint density at radius 3 is 2.52 bits per heavy atom. The number of halogens is 1. The van der Waals surface area contributed by atoms with E-state index in [0.29, 0.717) is 29.1 Å². The number of hydrogen-bond acceptors (Lipinski definition) is 6. The minimum absolute atomic E-state index is 0.210. The van der Waals surface area contributed by atoms with Crippen molar-refractivity contribution in [2.45, 2.75) is 0 Å². The van der Waals surface area contributed by atoms with E-state index in [9.17, 15) is 9.18 Å². The first-order valence-electron chi connectivity index (χ1n) is 14.9. The molecule has 0 fully saturated rings. The van der Waals surface area contributed by atoms with Crippen LogP contribution in [0.5, 0.6) is 0 Å². The number of rotatable bonds is 9. The van der Waals surface area contributed by atoms with Gasteiger partial charge >= 0.3 is 0 Å². The number of pyridine rings is 2. The third-order valence-corrected chi connectivity index (χ3v) is 7.80. The molecule has 228 valence electrons. The highest BCUT2D eigenvalue weighted by Crippen LogP contribution is 2.36. The maximum absolute atomic E-state index is 14.7. The van der Waals surface area contributed by atoms with Gasteiger partial charge in [0.05, 0.1) is 17.6 Å². The predicted molar refractivity (Wildman–Crippen MR) is 181 cm³/mol. The standard InChI is InChI=1S/C36H31FN8O/c1-45(2)12-11-39-27-14-23(13-26(37)17-27)29-9-6-10-32-30(29)18-33(42-32)34-31-16-25(20-40-35(31)44-43-34)24-15-28(21-38-19-24)41-36(46)22-7-4-3-5-8-22/h3-10,13-21,39,42H,11-12H2,1-2H3,(H,41,46)(H,40,43,44). The molecule has 4 N–H and O–H groups in total. The van der Waals surface area contributed by atoms with Crippen LogP contribution in [0.15, 0.2) is 104 Å². The van der Waals surface area contributed by atoms with E-state index in [1.165, 1.54) is 6.07 Å². The molecule has 4 heterocycles. The van der Waals surface area contributed by atoms with Crippen LogP contribution in [0.2, 0.25) is 0 Å². The highest BCUT2D eigenvalue weighted by Gasteiger charge is 2.16. The summed E-state index contributed by atoms with van der Waals surface area (Å²) < 4.78 is 14.7. The molecule has 0 aliphatic heterocycles. The zero-order valence-electron chi connectivity index (χ0n) is 25.3. The first-order chi connectivity index (χ1) is 22.4. The Kier molecular flexibility index (Phi) is 7.69. The fourth-order valence-electron chi connectivity index (χ4n) is 5.53. The molecule has 0 bridgehead atoms. The molecule has 0 aliphatic carbocycles. The summed E-state index contributed by atoms with van der Waals surface area (Å²) in [6.45, 7) is 1.54. The maximum atomic E-state index is 14.7. The van der Waals surface area contributed by atoms with Crippen LogP contribution in [0.1, 0.15) is 10.4 Å². The summed E-state index contributed by atoms with van der Waals surface area (Å²) in [5.74, 6) is -0.508. The SMILES string of the molecule is CN(C)CCNc1cc(F)cc(-c2cccc3[nH]c(-c4n[nH]c5ncc(-c6cncc(NC(=O)c7ccccc7)c6)cc45)cc23)c1. The molecule has 3 aromatic carbocycles. The van der Waals surface area contributed by atoms with E-state index >= 15 is 0 Å². The number of anilines is 2. The van der Waals surface area contributed by atoms with Gasteiger partial charge in [-0.15, -0.1) is 0 Å². The Bertz CT molecular complexity index is 2190. The van der Waals surface area contributed by atoms with Crippen molar-refractivity contribution in [1.82, 2.24) is 30.0 Å². The third-order valence-electron chi connectivity index (χ3n) is 7.80. The number of benzene rings is 3. The Labute approximate surface area is 264 Å². The number of H-pyrrole nitrogens is 2. The van der Waals surface area contributed by atoms with Crippen molar-refractivity contribution < 1.29 is 9.18 Å². The average molecular weight is 611 g/mol. The van der Waals surface area contributed by atoms with Gasteiger partial charge in [-0.1, -0.05) is 30.3 Å². The molecule has 1 amide bonds. The van der Waals surface area contributed by atoms with Crippen molar-refractivity contribution in [1.29, 1.82) is 0 Å². The van der Waals surface area contributed by atoms with E-state index in [1.807, 2.05) is 74.8 Å². The van der Waals surface area contributed by atoms with Crippen molar-refractivity contribution in [3.05, 3.63) is 115 Å². The quantitative estimate of drug-likeness (QED) is 0.137. The molecule has 0 atom stereocenters. The molecule has 0 saturated carbocycles. The maximum Gasteiger partial charge on any atom is 0.255 e. The van der Waals surface area contributed by atoms with Gasteiger partial charge in [-0.25, -0.2) is 9.37 Å². The van der Waals surface area contributed by atoms with Gasteiger partial charge in [0.25, 0.3) is 5.91 Å². The number of aromatic nitrogens is 5. The highest BCUT2D eigenvalue weighted by molar-refractivity contribution is 6.04. The number of carbonyl (C=O) groups excluding carboxylic acids is 1. The smallest absolute Gasteiger partial charge is 0.255 e. The minimum atomic E-state index is -0.298. The topological polar surface area (TPSA) is 115 Å². The van der Waals surface area contributed by atoms with Crippen LogP contribution < -0.4 is 10.6 Å². The van der Waals surface area contributed by atoms with Gasteiger partial charge in [0.1, 0.15) is 11.5 Å². The van der Waals surface area contributed by atoms with Gasteiger partial charge in [0.2, 0.25) is 0 Å². The van der Waals surface area contributed by atoms with E-state index in [2.05, 4.69) is 40.7 Å². The van der Waals surface area contributed by atoms with Crippen LogP contribution >= 0.6 is 0 Å². The Morgan fingerprint density at radius 2 is 1.67 bits per heavy atom. The number of aromatic amines is 2. The van der Waals surface area contributed by atoms with E-state index in [4.69, 9.17) is 0 Å². The summed E-state index contributed by atoms with van der Waals surface area (Å²) in [6.07, 6.45) is 5.10. The molecule has 4 aromatic heterocycles. The van der Waals surface area contributed by atoms with Gasteiger partial charge in [0, 0.05) is 64.2 Å². The number of likely N-dealkylation sites (N-methyl/N-ethyl adjacent to an activating group) is 1. The largest absolute Gasteiger partial charge is 0.384 e. The number of amides is 1. The van der Waals surface area contributed by atoms with Crippen LogP contribution in [-0.4, -0.2) is 63.1 Å². The van der Waals surface area contributed by atoms with E-state index in [1.54, 1.807) is 36.8 Å². The van der Waals surface area contributed by atoms with Gasteiger partial charge in [-0.2, -0.15) is 5.10 Å². The van der Waals surface area contributed by atoms with Gasteiger partial charge < -0.3 is 20.5 Å². The van der Waals surface area contributed by atoms with Gasteiger partial charge in [0.15, 0.2) is 5.65 Å².